The Morgan fingerprint density at radius 1 is 0.962 bits per heavy atom. The Balaban J connectivity index is 1.75. The molecule has 26 heavy (non-hydrogen) atoms. The summed E-state index contributed by atoms with van der Waals surface area (Å²) in [6.07, 6.45) is 3.91. The van der Waals surface area contributed by atoms with Crippen LogP contribution >= 0.6 is 0 Å². The van der Waals surface area contributed by atoms with E-state index in [4.69, 9.17) is 0 Å². The largest absolute Gasteiger partial charge is 0.310 e. The number of nitrogens with zero attached hydrogens (tertiary/aromatic N) is 2. The molecule has 6 heteroatoms. The normalized spacial score (nSPS) is 14.7. The molecule has 3 rings (SSSR count). The minimum Gasteiger partial charge on any atom is -0.310 e. The van der Waals surface area contributed by atoms with Crippen molar-refractivity contribution in [3.8, 4) is 0 Å². The highest BCUT2D eigenvalue weighted by molar-refractivity contribution is 7.92. The topological polar surface area (TPSA) is 57.7 Å². The molecular weight excluding hydrogens is 348 g/mol. The summed E-state index contributed by atoms with van der Waals surface area (Å²) in [5, 5.41) is 0. The van der Waals surface area contributed by atoms with Crippen molar-refractivity contribution in [3.05, 3.63) is 60.2 Å². The lowest BCUT2D eigenvalue weighted by Gasteiger charge is -2.25. The quantitative estimate of drug-likeness (QED) is 0.810. The predicted molar refractivity (Wildman–Crippen MR) is 105 cm³/mol. The van der Waals surface area contributed by atoms with Gasteiger partial charge in [-0.25, -0.2) is 8.42 Å². The zero-order valence-corrected chi connectivity index (χ0v) is 15.8. The molecule has 0 aromatic heterocycles. The van der Waals surface area contributed by atoms with E-state index in [9.17, 15) is 13.2 Å². The van der Waals surface area contributed by atoms with Gasteiger partial charge in [-0.2, -0.15) is 0 Å². The summed E-state index contributed by atoms with van der Waals surface area (Å²) in [6, 6.07) is 17.4. The van der Waals surface area contributed by atoms with Crippen LogP contribution in [0.1, 0.15) is 24.8 Å². The number of anilines is 2. The maximum absolute atomic E-state index is 12.8. The molecular formula is C20H24N2O3S. The van der Waals surface area contributed by atoms with Crippen LogP contribution in [0.15, 0.2) is 54.6 Å². The molecule has 0 aliphatic carbocycles. The Labute approximate surface area is 155 Å². The molecule has 2 aromatic carbocycles. The molecule has 0 bridgehead atoms. The average Bonchev–Trinajstić information content (AvgIpc) is 2.82. The van der Waals surface area contributed by atoms with Crippen molar-refractivity contribution < 1.29 is 13.2 Å². The molecule has 0 unspecified atom stereocenters. The molecule has 0 fully saturated rings. The molecule has 5 nitrogen and oxygen atoms in total. The van der Waals surface area contributed by atoms with Crippen molar-refractivity contribution in [2.75, 3.05) is 28.6 Å². The van der Waals surface area contributed by atoms with Crippen LogP contribution in [0.2, 0.25) is 0 Å². The first kappa shape index (κ1) is 18.5. The average molecular weight is 372 g/mol. The van der Waals surface area contributed by atoms with E-state index in [0.717, 1.165) is 12.8 Å². The Hall–Kier alpha value is -2.34. The van der Waals surface area contributed by atoms with Gasteiger partial charge in [0, 0.05) is 19.5 Å². The van der Waals surface area contributed by atoms with Crippen molar-refractivity contribution in [1.29, 1.82) is 0 Å². The molecule has 0 saturated carbocycles. The summed E-state index contributed by atoms with van der Waals surface area (Å²) in [7, 11) is -3.37. The van der Waals surface area contributed by atoms with Gasteiger partial charge in [-0.05, 0) is 37.0 Å². The number of aryl methyl sites for hydroxylation is 1. The molecule has 0 saturated heterocycles. The van der Waals surface area contributed by atoms with Crippen LogP contribution < -0.4 is 9.21 Å². The lowest BCUT2D eigenvalue weighted by atomic mass is 10.1. The van der Waals surface area contributed by atoms with E-state index in [1.807, 2.05) is 30.3 Å². The second kappa shape index (κ2) is 7.91. The van der Waals surface area contributed by atoms with Crippen LogP contribution in [0.5, 0.6) is 0 Å². The maximum Gasteiger partial charge on any atom is 0.232 e. The van der Waals surface area contributed by atoms with Crippen LogP contribution in [-0.4, -0.2) is 33.7 Å². The first-order valence-corrected chi connectivity index (χ1v) is 10.7. The SMILES string of the molecule is CS(=O)(=O)N1CCCN(C(=O)CCCc2ccccc2)c2ccccc21. The van der Waals surface area contributed by atoms with Crippen molar-refractivity contribution in [2.24, 2.45) is 0 Å². The highest BCUT2D eigenvalue weighted by Crippen LogP contribution is 2.34. The first-order valence-electron chi connectivity index (χ1n) is 8.88. The van der Waals surface area contributed by atoms with Gasteiger partial charge in [0.25, 0.3) is 0 Å². The molecule has 0 radical (unpaired) electrons. The predicted octanol–water partition coefficient (Wildman–Crippen LogP) is 3.21. The first-order chi connectivity index (χ1) is 12.5. The van der Waals surface area contributed by atoms with Gasteiger partial charge in [0.2, 0.25) is 15.9 Å². The van der Waals surface area contributed by atoms with Crippen LogP contribution in [0.4, 0.5) is 11.4 Å². The number of sulfonamides is 1. The Morgan fingerprint density at radius 2 is 1.62 bits per heavy atom. The fraction of sp³-hybridized carbons (Fsp3) is 0.350. The standard InChI is InChI=1S/C20H24N2O3S/c1-26(24,25)22-16-8-15-21(18-12-5-6-13-19(18)22)20(23)14-7-11-17-9-3-2-4-10-17/h2-6,9-10,12-13H,7-8,11,14-16H2,1H3. The fourth-order valence-electron chi connectivity index (χ4n) is 3.34. The molecule has 0 spiro atoms. The lowest BCUT2D eigenvalue weighted by Crippen LogP contribution is -2.31. The van der Waals surface area contributed by atoms with E-state index in [1.165, 1.54) is 16.1 Å². The molecule has 138 valence electrons. The number of hydrogen-bond donors (Lipinski definition) is 0. The third kappa shape index (κ3) is 4.25. The van der Waals surface area contributed by atoms with E-state index in [2.05, 4.69) is 12.1 Å². The summed E-state index contributed by atoms with van der Waals surface area (Å²) in [5.74, 6) is 0.0451. The van der Waals surface area contributed by atoms with Crippen LogP contribution in [-0.2, 0) is 21.2 Å². The maximum atomic E-state index is 12.8. The number of carbonyl (C=O) groups excluding carboxylic acids is 1. The van der Waals surface area contributed by atoms with E-state index >= 15 is 0 Å². The number of para-hydroxylation sites is 2. The molecule has 0 N–H and O–H groups in total. The zero-order chi connectivity index (χ0) is 18.6. The van der Waals surface area contributed by atoms with Crippen LogP contribution in [0.3, 0.4) is 0 Å². The number of benzene rings is 2. The third-order valence-corrected chi connectivity index (χ3v) is 5.76. The summed E-state index contributed by atoms with van der Waals surface area (Å²) < 4.78 is 25.7. The van der Waals surface area contributed by atoms with E-state index in [-0.39, 0.29) is 5.91 Å². The van der Waals surface area contributed by atoms with E-state index < -0.39 is 10.0 Å². The Bertz CT molecular complexity index is 866. The minimum absolute atomic E-state index is 0.0451. The Morgan fingerprint density at radius 3 is 2.31 bits per heavy atom. The summed E-state index contributed by atoms with van der Waals surface area (Å²) in [4.78, 5) is 14.6. The second-order valence-electron chi connectivity index (χ2n) is 6.56. The third-order valence-electron chi connectivity index (χ3n) is 4.58. The molecule has 1 aliphatic rings. The number of hydrogen-bond acceptors (Lipinski definition) is 3. The van der Waals surface area contributed by atoms with Crippen LogP contribution in [0.25, 0.3) is 0 Å². The number of carbonyl (C=O) groups is 1. The van der Waals surface area contributed by atoms with Gasteiger partial charge in [-0.15, -0.1) is 0 Å². The van der Waals surface area contributed by atoms with Crippen LogP contribution in [0, 0.1) is 0 Å². The highest BCUT2D eigenvalue weighted by atomic mass is 32.2. The van der Waals surface area contributed by atoms with E-state index in [1.54, 1.807) is 17.0 Å². The monoisotopic (exact) mass is 372 g/mol. The summed E-state index contributed by atoms with van der Waals surface area (Å²) in [5.41, 5.74) is 2.49. The molecule has 1 heterocycles. The van der Waals surface area contributed by atoms with Gasteiger partial charge >= 0.3 is 0 Å². The van der Waals surface area contributed by atoms with Gasteiger partial charge in [0.15, 0.2) is 0 Å². The van der Waals surface area contributed by atoms with Gasteiger partial charge < -0.3 is 4.90 Å². The molecule has 1 amide bonds. The van der Waals surface area contributed by atoms with Gasteiger partial charge in [-0.1, -0.05) is 42.5 Å². The van der Waals surface area contributed by atoms with Gasteiger partial charge in [-0.3, -0.25) is 9.10 Å². The molecule has 1 aliphatic heterocycles. The number of amides is 1. The van der Waals surface area contributed by atoms with Gasteiger partial charge in [0.05, 0.1) is 17.6 Å². The Kier molecular flexibility index (Phi) is 5.61. The van der Waals surface area contributed by atoms with Crippen molar-refractivity contribution in [2.45, 2.75) is 25.7 Å². The second-order valence-corrected chi connectivity index (χ2v) is 8.47. The smallest absolute Gasteiger partial charge is 0.232 e. The molecule has 2 aromatic rings. The van der Waals surface area contributed by atoms with Gasteiger partial charge in [0.1, 0.15) is 0 Å². The number of fused-ring (bicyclic) bond motifs is 1. The lowest BCUT2D eigenvalue weighted by molar-refractivity contribution is -0.118. The minimum atomic E-state index is -3.37. The summed E-state index contributed by atoms with van der Waals surface area (Å²) >= 11 is 0. The highest BCUT2D eigenvalue weighted by Gasteiger charge is 2.28. The fourth-order valence-corrected chi connectivity index (χ4v) is 4.32. The number of rotatable bonds is 5. The van der Waals surface area contributed by atoms with Crippen molar-refractivity contribution >= 4 is 27.3 Å². The van der Waals surface area contributed by atoms with E-state index in [0.29, 0.717) is 37.3 Å². The zero-order valence-electron chi connectivity index (χ0n) is 15.0. The molecule has 0 atom stereocenters. The van der Waals surface area contributed by atoms with Crippen molar-refractivity contribution in [3.63, 3.8) is 0 Å². The van der Waals surface area contributed by atoms with Crippen molar-refractivity contribution in [1.82, 2.24) is 0 Å². The summed E-state index contributed by atoms with van der Waals surface area (Å²) in [6.45, 7) is 0.927.